The number of piperidine rings is 1. The number of methoxy groups -OCH3 is 2. The third-order valence-corrected chi connectivity index (χ3v) is 4.44. The van der Waals surface area contributed by atoms with E-state index in [-0.39, 0.29) is 18.3 Å². The van der Waals surface area contributed by atoms with Gasteiger partial charge in [0.15, 0.2) is 11.5 Å². The number of nitrogens with one attached hydrogen (secondary N) is 1. The fourth-order valence-electron chi connectivity index (χ4n) is 3.17. The SMILES string of the molecule is CCCN(C(=O)c1cc(OC)c(OC)cc1C)C1CCNCC1.Cl. The van der Waals surface area contributed by atoms with E-state index >= 15 is 0 Å². The van der Waals surface area contributed by atoms with Crippen LogP contribution in [-0.2, 0) is 0 Å². The van der Waals surface area contributed by atoms with Crippen molar-refractivity contribution < 1.29 is 14.3 Å². The quantitative estimate of drug-likeness (QED) is 0.851. The van der Waals surface area contributed by atoms with Gasteiger partial charge >= 0.3 is 0 Å². The Balaban J connectivity index is 0.00000288. The average Bonchev–Trinajstić information content (AvgIpc) is 2.59. The smallest absolute Gasteiger partial charge is 0.254 e. The Morgan fingerprint density at radius 1 is 1.21 bits per heavy atom. The highest BCUT2D eigenvalue weighted by atomic mass is 35.5. The molecule has 1 amide bonds. The molecule has 0 aromatic heterocycles. The molecule has 1 saturated heterocycles. The molecule has 6 heteroatoms. The van der Waals surface area contributed by atoms with E-state index in [0.717, 1.165) is 44.5 Å². The standard InChI is InChI=1S/C18H28N2O3.ClH/c1-5-10-20(14-6-8-19-9-7-14)18(21)15-12-17(23-4)16(22-3)11-13(15)2;/h11-12,14,19H,5-10H2,1-4H3;1H. The first-order chi connectivity index (χ1) is 11.1. The van der Waals surface area contributed by atoms with Gasteiger partial charge in [-0.1, -0.05) is 6.92 Å². The number of halogens is 1. The van der Waals surface area contributed by atoms with Crippen LogP contribution in [-0.4, -0.2) is 50.7 Å². The monoisotopic (exact) mass is 356 g/mol. The van der Waals surface area contributed by atoms with Crippen LogP contribution < -0.4 is 14.8 Å². The number of nitrogens with zero attached hydrogens (tertiary/aromatic N) is 1. The lowest BCUT2D eigenvalue weighted by molar-refractivity contribution is 0.0641. The van der Waals surface area contributed by atoms with Crippen molar-refractivity contribution >= 4 is 18.3 Å². The van der Waals surface area contributed by atoms with Gasteiger partial charge in [-0.15, -0.1) is 12.4 Å². The molecule has 1 fully saturated rings. The molecular formula is C18H29ClN2O3. The maximum absolute atomic E-state index is 13.1. The molecule has 1 aromatic rings. The summed E-state index contributed by atoms with van der Waals surface area (Å²) in [5.41, 5.74) is 1.62. The van der Waals surface area contributed by atoms with Crippen LogP contribution in [0.15, 0.2) is 12.1 Å². The summed E-state index contributed by atoms with van der Waals surface area (Å²) in [7, 11) is 3.20. The third kappa shape index (κ3) is 4.54. The van der Waals surface area contributed by atoms with E-state index in [2.05, 4.69) is 12.2 Å². The van der Waals surface area contributed by atoms with Gasteiger partial charge in [0, 0.05) is 18.2 Å². The molecular weight excluding hydrogens is 328 g/mol. The lowest BCUT2D eigenvalue weighted by Crippen LogP contribution is -2.46. The Labute approximate surface area is 151 Å². The summed E-state index contributed by atoms with van der Waals surface area (Å²) in [6.45, 7) is 6.80. The Kier molecular flexibility index (Phi) is 8.36. The normalized spacial score (nSPS) is 14.7. The lowest BCUT2D eigenvalue weighted by Gasteiger charge is -2.35. The minimum absolute atomic E-state index is 0. The molecule has 0 bridgehead atoms. The van der Waals surface area contributed by atoms with Crippen molar-refractivity contribution in [3.63, 3.8) is 0 Å². The van der Waals surface area contributed by atoms with Crippen LogP contribution >= 0.6 is 12.4 Å². The Bertz CT molecular complexity index is 545. The summed E-state index contributed by atoms with van der Waals surface area (Å²) in [4.78, 5) is 15.2. The van der Waals surface area contributed by atoms with Gasteiger partial charge in [-0.25, -0.2) is 0 Å². The first kappa shape index (κ1) is 20.6. The highest BCUT2D eigenvalue weighted by Gasteiger charge is 2.27. The van der Waals surface area contributed by atoms with E-state index in [9.17, 15) is 4.79 Å². The molecule has 0 unspecified atom stereocenters. The van der Waals surface area contributed by atoms with E-state index in [1.54, 1.807) is 20.3 Å². The number of hydrogen-bond donors (Lipinski definition) is 1. The molecule has 1 aliphatic rings. The summed E-state index contributed by atoms with van der Waals surface area (Å²) in [5.74, 6) is 1.35. The number of ether oxygens (including phenoxy) is 2. The van der Waals surface area contributed by atoms with Gasteiger partial charge in [0.2, 0.25) is 0 Å². The summed E-state index contributed by atoms with van der Waals surface area (Å²) in [5, 5.41) is 3.36. The number of carbonyl (C=O) groups excluding carboxylic acids is 1. The van der Waals surface area contributed by atoms with Gasteiger partial charge in [0.05, 0.1) is 14.2 Å². The highest BCUT2D eigenvalue weighted by Crippen LogP contribution is 2.31. The highest BCUT2D eigenvalue weighted by molar-refractivity contribution is 5.96. The van der Waals surface area contributed by atoms with Crippen LogP contribution in [0.4, 0.5) is 0 Å². The fourth-order valence-corrected chi connectivity index (χ4v) is 3.17. The Hall–Kier alpha value is -1.46. The maximum Gasteiger partial charge on any atom is 0.254 e. The van der Waals surface area contributed by atoms with Crippen LogP contribution in [0, 0.1) is 6.92 Å². The number of amides is 1. The second-order valence-electron chi connectivity index (χ2n) is 6.00. The molecule has 1 aromatic carbocycles. The van der Waals surface area contributed by atoms with Gasteiger partial charge < -0.3 is 19.7 Å². The van der Waals surface area contributed by atoms with Gasteiger partial charge in [0.1, 0.15) is 0 Å². The van der Waals surface area contributed by atoms with Crippen molar-refractivity contribution in [3.8, 4) is 11.5 Å². The third-order valence-electron chi connectivity index (χ3n) is 4.44. The van der Waals surface area contributed by atoms with Crippen LogP contribution in [0.2, 0.25) is 0 Å². The molecule has 0 spiro atoms. The topological polar surface area (TPSA) is 50.8 Å². The zero-order valence-electron chi connectivity index (χ0n) is 15.1. The second kappa shape index (κ2) is 9.74. The van der Waals surface area contributed by atoms with Crippen molar-refractivity contribution in [1.29, 1.82) is 0 Å². The van der Waals surface area contributed by atoms with Gasteiger partial charge in [-0.3, -0.25) is 4.79 Å². The predicted octanol–water partition coefficient (Wildman–Crippen LogP) is 3.04. The van der Waals surface area contributed by atoms with Crippen molar-refractivity contribution in [2.24, 2.45) is 0 Å². The first-order valence-corrected chi connectivity index (χ1v) is 8.36. The van der Waals surface area contributed by atoms with Gasteiger partial charge in [-0.2, -0.15) is 0 Å². The van der Waals surface area contributed by atoms with Crippen molar-refractivity contribution in [2.45, 2.75) is 39.2 Å². The van der Waals surface area contributed by atoms with Crippen LogP contribution in [0.1, 0.15) is 42.1 Å². The maximum atomic E-state index is 13.1. The van der Waals surface area contributed by atoms with Crippen LogP contribution in [0.25, 0.3) is 0 Å². The number of hydrogen-bond acceptors (Lipinski definition) is 4. The van der Waals surface area contributed by atoms with Crippen LogP contribution in [0.3, 0.4) is 0 Å². The minimum Gasteiger partial charge on any atom is -0.493 e. The largest absolute Gasteiger partial charge is 0.493 e. The van der Waals surface area contributed by atoms with Crippen molar-refractivity contribution in [3.05, 3.63) is 23.3 Å². The van der Waals surface area contributed by atoms with Crippen molar-refractivity contribution in [1.82, 2.24) is 10.2 Å². The zero-order chi connectivity index (χ0) is 16.8. The van der Waals surface area contributed by atoms with E-state index in [1.165, 1.54) is 0 Å². The number of aryl methyl sites for hydroxylation is 1. The van der Waals surface area contributed by atoms with Crippen molar-refractivity contribution in [2.75, 3.05) is 33.9 Å². The molecule has 0 radical (unpaired) electrons. The predicted molar refractivity (Wildman–Crippen MR) is 98.8 cm³/mol. The minimum atomic E-state index is 0. The molecule has 136 valence electrons. The number of carbonyl (C=O) groups is 1. The number of benzene rings is 1. The average molecular weight is 357 g/mol. The lowest BCUT2D eigenvalue weighted by atomic mass is 10.0. The molecule has 5 nitrogen and oxygen atoms in total. The van der Waals surface area contributed by atoms with E-state index < -0.39 is 0 Å². The molecule has 0 aliphatic carbocycles. The van der Waals surface area contributed by atoms with Crippen LogP contribution in [0.5, 0.6) is 11.5 Å². The van der Waals surface area contributed by atoms with Gasteiger partial charge in [-0.05, 0) is 57.0 Å². The molecule has 1 heterocycles. The van der Waals surface area contributed by atoms with E-state index in [0.29, 0.717) is 23.1 Å². The second-order valence-corrected chi connectivity index (χ2v) is 6.00. The molecule has 1 N–H and O–H groups in total. The zero-order valence-corrected chi connectivity index (χ0v) is 15.9. The molecule has 0 saturated carbocycles. The molecule has 24 heavy (non-hydrogen) atoms. The first-order valence-electron chi connectivity index (χ1n) is 8.36. The summed E-state index contributed by atoms with van der Waals surface area (Å²) < 4.78 is 10.7. The molecule has 0 atom stereocenters. The summed E-state index contributed by atoms with van der Waals surface area (Å²) >= 11 is 0. The van der Waals surface area contributed by atoms with E-state index in [4.69, 9.17) is 9.47 Å². The molecule has 1 aliphatic heterocycles. The fraction of sp³-hybridized carbons (Fsp3) is 0.611. The number of rotatable bonds is 6. The summed E-state index contributed by atoms with van der Waals surface area (Å²) in [6, 6.07) is 4.00. The Morgan fingerprint density at radius 2 is 1.79 bits per heavy atom. The Morgan fingerprint density at radius 3 is 2.33 bits per heavy atom. The van der Waals surface area contributed by atoms with Gasteiger partial charge in [0.25, 0.3) is 5.91 Å². The summed E-state index contributed by atoms with van der Waals surface area (Å²) in [6.07, 6.45) is 2.98. The molecule has 2 rings (SSSR count). The van der Waals surface area contributed by atoms with E-state index in [1.807, 2.05) is 17.9 Å².